The van der Waals surface area contributed by atoms with Crippen molar-refractivity contribution < 1.29 is 0 Å². The first-order valence-electron chi connectivity index (χ1n) is 5.42. The zero-order valence-corrected chi connectivity index (χ0v) is 12.4. The van der Waals surface area contributed by atoms with Crippen LogP contribution in [0, 0.1) is 0 Å². The van der Waals surface area contributed by atoms with Gasteiger partial charge in [0.15, 0.2) is 0 Å². The predicted molar refractivity (Wildman–Crippen MR) is 81.6 cm³/mol. The van der Waals surface area contributed by atoms with Gasteiger partial charge in [0.1, 0.15) is 0 Å². The van der Waals surface area contributed by atoms with Crippen molar-refractivity contribution in [1.29, 1.82) is 0 Å². The number of aromatic amines is 1. The molecule has 0 aliphatic rings. The van der Waals surface area contributed by atoms with E-state index < -0.39 is 0 Å². The first-order valence-corrected chi connectivity index (χ1v) is 7.41. The van der Waals surface area contributed by atoms with Crippen LogP contribution in [-0.2, 0) is 0 Å². The van der Waals surface area contributed by atoms with Crippen molar-refractivity contribution in [3.63, 3.8) is 0 Å². The van der Waals surface area contributed by atoms with Crippen LogP contribution in [0.4, 0.5) is 0 Å². The normalized spacial score (nSPS) is 11.0. The maximum Gasteiger partial charge on any atom is 0.0480 e. The van der Waals surface area contributed by atoms with E-state index in [2.05, 4.69) is 39.1 Å². The summed E-state index contributed by atoms with van der Waals surface area (Å²) in [7, 11) is 0. The number of nitrogens with one attached hydrogen (secondary N) is 1. The van der Waals surface area contributed by atoms with E-state index in [0.29, 0.717) is 0 Å². The van der Waals surface area contributed by atoms with Crippen LogP contribution < -0.4 is 0 Å². The molecule has 0 aliphatic carbocycles. The minimum absolute atomic E-state index is 0.753. The van der Waals surface area contributed by atoms with Gasteiger partial charge in [-0.1, -0.05) is 51.4 Å². The minimum Gasteiger partial charge on any atom is -0.360 e. The second-order valence-corrected chi connectivity index (χ2v) is 6.37. The number of hydrogen-bond donors (Lipinski definition) is 1. The van der Waals surface area contributed by atoms with Crippen LogP contribution in [0.25, 0.3) is 10.9 Å². The zero-order valence-electron chi connectivity index (χ0n) is 9.28. The van der Waals surface area contributed by atoms with Crippen LogP contribution in [-0.4, -0.2) is 4.98 Å². The fraction of sp³-hybridized carbons (Fsp3) is 0. The third kappa shape index (κ3) is 2.44. The van der Waals surface area contributed by atoms with Crippen LogP contribution in [0.15, 0.2) is 62.9 Å². The number of benzene rings is 2. The number of rotatable bonds is 2. The van der Waals surface area contributed by atoms with Gasteiger partial charge < -0.3 is 4.98 Å². The maximum atomic E-state index is 5.98. The summed E-state index contributed by atoms with van der Waals surface area (Å²) >= 11 is 11.2. The van der Waals surface area contributed by atoms with Crippen molar-refractivity contribution in [3.8, 4) is 0 Å². The molecule has 0 amide bonds. The number of fused-ring (bicyclic) bond motifs is 1. The lowest BCUT2D eigenvalue weighted by Gasteiger charge is -2.00. The van der Waals surface area contributed by atoms with Crippen LogP contribution in [0.1, 0.15) is 0 Å². The summed E-state index contributed by atoms with van der Waals surface area (Å²) in [6.07, 6.45) is 2.02. The zero-order chi connectivity index (χ0) is 12.5. The van der Waals surface area contributed by atoms with Gasteiger partial charge in [-0.15, -0.1) is 0 Å². The van der Waals surface area contributed by atoms with Crippen molar-refractivity contribution in [2.45, 2.75) is 9.79 Å². The van der Waals surface area contributed by atoms with Gasteiger partial charge in [-0.2, -0.15) is 0 Å². The molecule has 1 N–H and O–H groups in total. The summed E-state index contributed by atoms with van der Waals surface area (Å²) in [5, 5.41) is 1.95. The quantitative estimate of drug-likeness (QED) is 0.630. The van der Waals surface area contributed by atoms with E-state index in [4.69, 9.17) is 11.6 Å². The first kappa shape index (κ1) is 12.2. The van der Waals surface area contributed by atoms with Crippen LogP contribution in [0.2, 0.25) is 5.02 Å². The van der Waals surface area contributed by atoms with Gasteiger partial charge in [0.2, 0.25) is 0 Å². The molecule has 0 spiro atoms. The van der Waals surface area contributed by atoms with Gasteiger partial charge in [0, 0.05) is 36.4 Å². The molecule has 1 aromatic heterocycles. The Labute approximate surface area is 123 Å². The van der Waals surface area contributed by atoms with E-state index in [1.165, 1.54) is 15.2 Å². The number of aromatic nitrogens is 1. The molecule has 0 atom stereocenters. The van der Waals surface area contributed by atoms with E-state index >= 15 is 0 Å². The van der Waals surface area contributed by atoms with Crippen LogP contribution >= 0.6 is 39.3 Å². The average molecular weight is 339 g/mol. The molecule has 0 saturated heterocycles. The van der Waals surface area contributed by atoms with Crippen molar-refractivity contribution in [2.24, 2.45) is 0 Å². The molecule has 18 heavy (non-hydrogen) atoms. The molecule has 0 unspecified atom stereocenters. The lowest BCUT2D eigenvalue weighted by atomic mass is 10.2. The molecule has 2 aromatic carbocycles. The summed E-state index contributed by atoms with van der Waals surface area (Å²) in [6.45, 7) is 0. The second-order valence-electron chi connectivity index (χ2n) is 3.90. The van der Waals surface area contributed by atoms with E-state index in [1.54, 1.807) is 11.8 Å². The molecule has 0 fully saturated rings. The minimum atomic E-state index is 0.753. The molecule has 0 saturated carbocycles. The summed E-state index contributed by atoms with van der Waals surface area (Å²) in [5.74, 6) is 0. The molecule has 0 aliphatic heterocycles. The van der Waals surface area contributed by atoms with Gasteiger partial charge in [0.05, 0.1) is 0 Å². The molecule has 0 radical (unpaired) electrons. The number of halogens is 2. The fourth-order valence-corrected chi connectivity index (χ4v) is 3.53. The second kappa shape index (κ2) is 5.00. The summed E-state index contributed by atoms with van der Waals surface area (Å²) < 4.78 is 1.09. The van der Waals surface area contributed by atoms with Crippen molar-refractivity contribution in [1.82, 2.24) is 4.98 Å². The Bertz CT molecular complexity index is 708. The highest BCUT2D eigenvalue weighted by molar-refractivity contribution is 9.10. The molecule has 3 aromatic rings. The molecular weight excluding hydrogens is 330 g/mol. The molecule has 1 heterocycles. The molecule has 90 valence electrons. The highest BCUT2D eigenvalue weighted by Crippen LogP contribution is 2.35. The van der Waals surface area contributed by atoms with Gasteiger partial charge in [-0.25, -0.2) is 0 Å². The lowest BCUT2D eigenvalue weighted by molar-refractivity contribution is 1.39. The lowest BCUT2D eigenvalue weighted by Crippen LogP contribution is -1.72. The Morgan fingerprint density at radius 3 is 2.83 bits per heavy atom. The molecule has 0 bridgehead atoms. The van der Waals surface area contributed by atoms with E-state index in [1.807, 2.05) is 30.5 Å². The van der Waals surface area contributed by atoms with Crippen LogP contribution in [0.3, 0.4) is 0 Å². The predicted octanol–water partition coefficient (Wildman–Crippen LogP) is 5.74. The summed E-state index contributed by atoms with van der Waals surface area (Å²) in [4.78, 5) is 5.66. The highest BCUT2D eigenvalue weighted by atomic mass is 79.9. The van der Waals surface area contributed by atoms with Crippen molar-refractivity contribution in [3.05, 3.63) is 58.2 Å². The molecule has 3 rings (SSSR count). The Kier molecular flexibility index (Phi) is 3.37. The third-order valence-electron chi connectivity index (χ3n) is 2.63. The average Bonchev–Trinajstić information content (AvgIpc) is 2.72. The topological polar surface area (TPSA) is 15.8 Å². The van der Waals surface area contributed by atoms with Crippen LogP contribution in [0.5, 0.6) is 0 Å². The number of H-pyrrole nitrogens is 1. The van der Waals surface area contributed by atoms with Gasteiger partial charge >= 0.3 is 0 Å². The Morgan fingerprint density at radius 1 is 1.11 bits per heavy atom. The summed E-state index contributed by atoms with van der Waals surface area (Å²) in [6, 6.07) is 14.2. The highest BCUT2D eigenvalue weighted by Gasteiger charge is 2.06. The van der Waals surface area contributed by atoms with E-state index in [9.17, 15) is 0 Å². The van der Waals surface area contributed by atoms with Gasteiger partial charge in [-0.3, -0.25) is 0 Å². The monoisotopic (exact) mass is 337 g/mol. The first-order chi connectivity index (χ1) is 8.72. The van der Waals surface area contributed by atoms with Gasteiger partial charge in [-0.05, 0) is 30.3 Å². The van der Waals surface area contributed by atoms with Gasteiger partial charge in [0.25, 0.3) is 0 Å². The SMILES string of the molecule is Clc1ccc2c(Sc3cccc(Br)c3)c[nH]c2c1. The smallest absolute Gasteiger partial charge is 0.0480 e. The molecular formula is C14H9BrClNS. The van der Waals surface area contributed by atoms with Crippen molar-refractivity contribution >= 4 is 50.2 Å². The molecule has 4 heteroatoms. The van der Waals surface area contributed by atoms with E-state index in [-0.39, 0.29) is 0 Å². The van der Waals surface area contributed by atoms with E-state index in [0.717, 1.165) is 15.0 Å². The number of hydrogen-bond acceptors (Lipinski definition) is 1. The largest absolute Gasteiger partial charge is 0.360 e. The Balaban J connectivity index is 2.00. The Morgan fingerprint density at radius 2 is 2.00 bits per heavy atom. The fourth-order valence-electron chi connectivity index (χ4n) is 1.81. The standard InChI is InChI=1S/C14H9BrClNS/c15-9-2-1-3-11(6-9)18-14-8-17-13-7-10(16)4-5-12(13)14/h1-8,17H. The maximum absolute atomic E-state index is 5.98. The Hall–Kier alpha value is -0.900. The van der Waals surface area contributed by atoms with Crippen molar-refractivity contribution in [2.75, 3.05) is 0 Å². The summed E-state index contributed by atoms with van der Waals surface area (Å²) in [5.41, 5.74) is 1.07. The molecule has 1 nitrogen and oxygen atoms in total. The third-order valence-corrected chi connectivity index (χ3v) is 4.41.